The summed E-state index contributed by atoms with van der Waals surface area (Å²) in [6, 6.07) is 13.7. The van der Waals surface area contributed by atoms with Crippen LogP contribution in [0.5, 0.6) is 11.5 Å². The summed E-state index contributed by atoms with van der Waals surface area (Å²) in [6.45, 7) is 3.98. The molecule has 0 bridgehead atoms. The van der Waals surface area contributed by atoms with E-state index in [9.17, 15) is 14.6 Å². The van der Waals surface area contributed by atoms with Gasteiger partial charge in [0.25, 0.3) is 0 Å². The molecule has 0 aliphatic carbocycles. The lowest BCUT2D eigenvalue weighted by atomic mass is 9.78. The molecule has 2 N–H and O–H groups in total. The molecule has 184 valence electrons. The van der Waals surface area contributed by atoms with Crippen molar-refractivity contribution in [2.75, 3.05) is 19.1 Å². The lowest BCUT2D eigenvalue weighted by molar-refractivity contribution is 0.0888. The molecule has 0 unspecified atom stereocenters. The molecule has 0 radical (unpaired) electrons. The van der Waals surface area contributed by atoms with Gasteiger partial charge in [-0.25, -0.2) is 9.07 Å². The number of alkyl halides is 2. The molecule has 0 aliphatic rings. The maximum Gasteiger partial charge on any atom is 0.135 e. The van der Waals surface area contributed by atoms with Gasteiger partial charge in [0.1, 0.15) is 49.3 Å². The molecule has 7 nitrogen and oxygen atoms in total. The Bertz CT molecular complexity index is 1060. The Kier molecular flexibility index (Phi) is 9.52. The van der Waals surface area contributed by atoms with Crippen LogP contribution in [-0.4, -0.2) is 56.5 Å². The number of ether oxygens (including phenoxy) is 2. The molecule has 2 atom stereocenters. The van der Waals surface area contributed by atoms with E-state index in [1.165, 1.54) is 10.9 Å². The number of rotatable bonds is 12. The fraction of sp³-hybridized carbons (Fsp3) is 0.417. The summed E-state index contributed by atoms with van der Waals surface area (Å²) in [4.78, 5) is 0. The van der Waals surface area contributed by atoms with Crippen LogP contribution in [0, 0.1) is 3.57 Å². The van der Waals surface area contributed by atoms with Gasteiger partial charge >= 0.3 is 0 Å². The Morgan fingerprint density at radius 2 is 1.74 bits per heavy atom. The number of halogens is 3. The van der Waals surface area contributed by atoms with Crippen LogP contribution in [-0.2, 0) is 18.6 Å². The number of aliphatic hydroxyl groups excluding tert-OH is 2. The molecule has 3 aromatic rings. The van der Waals surface area contributed by atoms with Crippen LogP contribution in [0.4, 0.5) is 4.39 Å². The van der Waals surface area contributed by atoms with Crippen molar-refractivity contribution in [2.45, 2.75) is 44.7 Å². The summed E-state index contributed by atoms with van der Waals surface area (Å²) in [5.74, 6) is 1.47. The standard InChI is InChI=1S/C24H28ClFIN3O4/c1-24(2,17-5-8-23(22(27)9-17)34-14-19(31)10-25)16-3-6-21(7-4-16)33-15-20(32)13-30-12-18(11-26)28-29-30/h3-9,12,19-20,31-32H,10-11,13-15H2,1-2H3/t19-,20+/m0/s1/i26-1. The fourth-order valence-corrected chi connectivity index (χ4v) is 4.08. The van der Waals surface area contributed by atoms with E-state index < -0.39 is 18.9 Å². The van der Waals surface area contributed by atoms with Crippen molar-refractivity contribution < 1.29 is 24.1 Å². The maximum absolute atomic E-state index is 12.6. The Hall–Kier alpha value is -1.95. The molecule has 10 heteroatoms. The lowest BCUT2D eigenvalue weighted by Crippen LogP contribution is -2.24. The smallest absolute Gasteiger partial charge is 0.135 e. The number of nitrogens with zero attached hydrogens (tertiary/aromatic N) is 3. The van der Waals surface area contributed by atoms with E-state index in [1.54, 1.807) is 0 Å². The highest BCUT2D eigenvalue weighted by Crippen LogP contribution is 2.35. The van der Waals surface area contributed by atoms with Crippen molar-refractivity contribution in [3.8, 4) is 11.5 Å². The first kappa shape index (κ1) is 26.7. The van der Waals surface area contributed by atoms with E-state index in [2.05, 4.69) is 52.8 Å². The van der Waals surface area contributed by atoms with E-state index in [4.69, 9.17) is 21.1 Å². The van der Waals surface area contributed by atoms with Gasteiger partial charge in [0.2, 0.25) is 0 Å². The van der Waals surface area contributed by atoms with Crippen LogP contribution >= 0.6 is 34.2 Å². The van der Waals surface area contributed by atoms with Crippen molar-refractivity contribution in [3.05, 3.63) is 69.1 Å². The highest BCUT2D eigenvalue weighted by molar-refractivity contribution is 14.1. The number of aromatic nitrogens is 3. The molecular formula is C24H28ClFIN3O4. The van der Waals surface area contributed by atoms with Gasteiger partial charge in [0.05, 0.1) is 22.2 Å². The van der Waals surface area contributed by atoms with Gasteiger partial charge in [0.15, 0.2) is 0 Å². The van der Waals surface area contributed by atoms with E-state index >= 15 is 0 Å². The zero-order valence-corrected chi connectivity index (χ0v) is 21.9. The van der Waals surface area contributed by atoms with Crippen LogP contribution in [0.25, 0.3) is 0 Å². The lowest BCUT2D eigenvalue weighted by Gasteiger charge is -2.27. The van der Waals surface area contributed by atoms with E-state index in [0.29, 0.717) is 11.5 Å². The van der Waals surface area contributed by atoms with Crippen LogP contribution in [0.2, 0.25) is 0 Å². The number of aliphatic hydroxyl groups is 2. The number of hydrogen-bond acceptors (Lipinski definition) is 6. The number of hydrogen-bond donors (Lipinski definition) is 2. The van der Waals surface area contributed by atoms with Crippen molar-refractivity contribution in [1.29, 1.82) is 0 Å². The topological polar surface area (TPSA) is 89.6 Å². The quantitative estimate of drug-likeness (QED) is 0.240. The minimum atomic E-state index is -0.807. The maximum atomic E-state index is 12.6. The summed E-state index contributed by atoms with van der Waals surface area (Å²) in [5, 5.41) is 27.2. The van der Waals surface area contributed by atoms with Gasteiger partial charge in [-0.3, -0.25) is 0 Å². The average Bonchev–Trinajstić information content (AvgIpc) is 3.29. The highest BCUT2D eigenvalue weighted by atomic mass is 127. The van der Waals surface area contributed by atoms with E-state index in [0.717, 1.165) is 14.7 Å². The molecule has 0 spiro atoms. The van der Waals surface area contributed by atoms with Gasteiger partial charge in [-0.15, -0.1) is 16.7 Å². The monoisotopic (exact) mass is 602 g/mol. The van der Waals surface area contributed by atoms with Crippen molar-refractivity contribution in [3.63, 3.8) is 0 Å². The number of benzene rings is 2. The second-order valence-electron chi connectivity index (χ2n) is 8.44. The molecule has 0 saturated carbocycles. The predicted octanol–water partition coefficient (Wildman–Crippen LogP) is 4.10. The largest absolute Gasteiger partial charge is 0.491 e. The first-order chi connectivity index (χ1) is 16.2. The van der Waals surface area contributed by atoms with Gasteiger partial charge in [-0.2, -0.15) is 0 Å². The predicted molar refractivity (Wildman–Crippen MR) is 136 cm³/mol. The van der Waals surface area contributed by atoms with Gasteiger partial charge in [0, 0.05) is 5.41 Å². The molecule has 2 aromatic carbocycles. The third-order valence-electron chi connectivity index (χ3n) is 5.40. The zero-order chi connectivity index (χ0) is 24.7. The highest BCUT2D eigenvalue weighted by Gasteiger charge is 2.24. The first-order valence-electron chi connectivity index (χ1n) is 10.8. The summed E-state index contributed by atoms with van der Waals surface area (Å²) in [5.41, 5.74) is 2.18. The van der Waals surface area contributed by atoms with Gasteiger partial charge in [-0.05, 0) is 58.0 Å². The van der Waals surface area contributed by atoms with Crippen LogP contribution in [0.15, 0.2) is 48.7 Å². The average molecular weight is 603 g/mol. The first-order valence-corrected chi connectivity index (χ1v) is 12.4. The molecule has 0 saturated heterocycles. The minimum Gasteiger partial charge on any atom is -0.491 e. The Morgan fingerprint density at radius 1 is 1.06 bits per heavy atom. The molecule has 1 aromatic heterocycles. The third-order valence-corrected chi connectivity index (χ3v) is 6.60. The molecular weight excluding hydrogens is 575 g/mol. The second kappa shape index (κ2) is 12.1. The minimum absolute atomic E-state index is 0.0750. The molecule has 1 heterocycles. The summed E-state index contributed by atoms with van der Waals surface area (Å²) in [6.07, 6.45) is -0.0470. The van der Waals surface area contributed by atoms with Crippen molar-refractivity contribution in [1.82, 2.24) is 15.0 Å². The normalized spacial score (nSPS) is 13.5. The van der Waals surface area contributed by atoms with E-state index in [-0.39, 0.29) is 36.7 Å². The molecule has 3 rings (SSSR count). The fourth-order valence-electron chi connectivity index (χ4n) is 3.32. The molecule has 34 heavy (non-hydrogen) atoms. The summed E-state index contributed by atoms with van der Waals surface area (Å²) < 4.78 is 26.3. The van der Waals surface area contributed by atoms with Gasteiger partial charge in [-0.1, -0.05) is 37.3 Å². The van der Waals surface area contributed by atoms with Crippen LogP contribution in [0.3, 0.4) is 0 Å². The third kappa shape index (κ3) is 7.03. The molecule has 0 fully saturated rings. The Labute approximate surface area is 217 Å². The summed E-state index contributed by atoms with van der Waals surface area (Å²) >= 11 is 7.85. The zero-order valence-electron chi connectivity index (χ0n) is 19.0. The Balaban J connectivity index is 1.59. The van der Waals surface area contributed by atoms with Crippen molar-refractivity contribution >= 4 is 34.2 Å². The SMILES string of the molecule is CC(C)(c1ccc(OC[C@H](O)Cn2cc(C[18F])nn2)cc1)c1ccc(OC[C@@H](O)CCl)c(I)c1. The molecule has 0 aliphatic heterocycles. The Morgan fingerprint density at radius 3 is 2.35 bits per heavy atom. The molecule has 0 amide bonds. The van der Waals surface area contributed by atoms with E-state index in [1.807, 2.05) is 36.4 Å². The van der Waals surface area contributed by atoms with Crippen LogP contribution < -0.4 is 9.47 Å². The van der Waals surface area contributed by atoms with Crippen molar-refractivity contribution in [2.24, 2.45) is 0 Å². The van der Waals surface area contributed by atoms with Gasteiger partial charge < -0.3 is 19.7 Å². The second-order valence-corrected chi connectivity index (χ2v) is 9.91. The van der Waals surface area contributed by atoms with Crippen LogP contribution in [0.1, 0.15) is 30.7 Å². The summed E-state index contributed by atoms with van der Waals surface area (Å²) in [7, 11) is 0.